The maximum absolute atomic E-state index is 13.2. The minimum absolute atomic E-state index is 0.198. The molecule has 0 spiro atoms. The molecule has 0 bridgehead atoms. The highest BCUT2D eigenvalue weighted by Crippen LogP contribution is 2.28. The number of anilines is 1. The third kappa shape index (κ3) is 4.00. The van der Waals surface area contributed by atoms with Crippen LogP contribution in [0.2, 0.25) is 0 Å². The molecule has 6 heteroatoms. The summed E-state index contributed by atoms with van der Waals surface area (Å²) in [5.41, 5.74) is 0. The first kappa shape index (κ1) is 17.7. The van der Waals surface area contributed by atoms with E-state index < -0.39 is 0 Å². The summed E-state index contributed by atoms with van der Waals surface area (Å²) in [5.74, 6) is 1.36. The van der Waals surface area contributed by atoms with Gasteiger partial charge in [0.1, 0.15) is 0 Å². The molecule has 3 heterocycles. The second-order valence-electron chi connectivity index (χ2n) is 7.99. The summed E-state index contributed by atoms with van der Waals surface area (Å²) in [6.07, 6.45) is 12.2. The predicted octanol–water partition coefficient (Wildman–Crippen LogP) is 2.17. The standard InChI is InChI=1S/C20H31N5O/c26-19(17-6-3-11-25(16-17)18-7-1-2-8-18)23-12-5-13-24(15-14-23)20-21-9-4-10-22-20/h4,9-10,17-18H,1-3,5-8,11-16H2/t17-/m0/s1. The fourth-order valence-corrected chi connectivity index (χ4v) is 4.86. The summed E-state index contributed by atoms with van der Waals surface area (Å²) in [6.45, 7) is 5.57. The van der Waals surface area contributed by atoms with Crippen LogP contribution in [0.3, 0.4) is 0 Å². The van der Waals surface area contributed by atoms with Crippen LogP contribution in [-0.2, 0) is 4.79 Å². The molecule has 0 radical (unpaired) electrons. The van der Waals surface area contributed by atoms with Crippen LogP contribution < -0.4 is 4.90 Å². The van der Waals surface area contributed by atoms with Crippen molar-refractivity contribution in [2.75, 3.05) is 44.2 Å². The molecule has 1 aromatic rings. The van der Waals surface area contributed by atoms with E-state index in [-0.39, 0.29) is 5.92 Å². The number of hydrogen-bond donors (Lipinski definition) is 0. The van der Waals surface area contributed by atoms with Gasteiger partial charge in [-0.25, -0.2) is 9.97 Å². The van der Waals surface area contributed by atoms with Gasteiger partial charge in [-0.2, -0.15) is 0 Å². The van der Waals surface area contributed by atoms with E-state index >= 15 is 0 Å². The third-order valence-electron chi connectivity index (χ3n) is 6.29. The van der Waals surface area contributed by atoms with E-state index in [0.717, 1.165) is 57.6 Å². The average molecular weight is 358 g/mol. The highest BCUT2D eigenvalue weighted by molar-refractivity contribution is 5.79. The topological polar surface area (TPSA) is 52.6 Å². The van der Waals surface area contributed by atoms with Crippen molar-refractivity contribution < 1.29 is 4.79 Å². The lowest BCUT2D eigenvalue weighted by molar-refractivity contribution is -0.137. The van der Waals surface area contributed by atoms with Crippen molar-refractivity contribution in [3.8, 4) is 0 Å². The number of piperidine rings is 1. The number of aromatic nitrogens is 2. The van der Waals surface area contributed by atoms with Crippen LogP contribution >= 0.6 is 0 Å². The van der Waals surface area contributed by atoms with E-state index in [1.54, 1.807) is 12.4 Å². The maximum atomic E-state index is 13.2. The Kier molecular flexibility index (Phi) is 5.68. The van der Waals surface area contributed by atoms with Gasteiger partial charge in [0.25, 0.3) is 0 Å². The van der Waals surface area contributed by atoms with Gasteiger partial charge < -0.3 is 9.80 Å². The molecule has 6 nitrogen and oxygen atoms in total. The van der Waals surface area contributed by atoms with Crippen molar-refractivity contribution in [3.05, 3.63) is 18.5 Å². The molecule has 1 aromatic heterocycles. The van der Waals surface area contributed by atoms with Crippen LogP contribution in [0.5, 0.6) is 0 Å². The molecule has 2 aliphatic heterocycles. The maximum Gasteiger partial charge on any atom is 0.227 e. The Morgan fingerprint density at radius 1 is 0.885 bits per heavy atom. The van der Waals surface area contributed by atoms with Gasteiger partial charge in [-0.05, 0) is 44.7 Å². The van der Waals surface area contributed by atoms with E-state index in [1.807, 2.05) is 6.07 Å². The summed E-state index contributed by atoms with van der Waals surface area (Å²) in [6, 6.07) is 2.58. The quantitative estimate of drug-likeness (QED) is 0.830. The predicted molar refractivity (Wildman–Crippen MR) is 102 cm³/mol. The van der Waals surface area contributed by atoms with E-state index in [4.69, 9.17) is 0 Å². The van der Waals surface area contributed by atoms with E-state index in [9.17, 15) is 4.79 Å². The molecule has 142 valence electrons. The Labute approximate surface area is 156 Å². The van der Waals surface area contributed by atoms with Gasteiger partial charge >= 0.3 is 0 Å². The first-order valence-electron chi connectivity index (χ1n) is 10.4. The highest BCUT2D eigenvalue weighted by Gasteiger charge is 2.33. The third-order valence-corrected chi connectivity index (χ3v) is 6.29. The molecular weight excluding hydrogens is 326 g/mol. The molecule has 4 rings (SSSR count). The second-order valence-corrected chi connectivity index (χ2v) is 7.99. The van der Waals surface area contributed by atoms with Gasteiger partial charge in [-0.3, -0.25) is 9.69 Å². The van der Waals surface area contributed by atoms with Gasteiger partial charge in [-0.15, -0.1) is 0 Å². The van der Waals surface area contributed by atoms with Crippen molar-refractivity contribution >= 4 is 11.9 Å². The zero-order valence-corrected chi connectivity index (χ0v) is 15.7. The molecule has 3 aliphatic rings. The number of amides is 1. The van der Waals surface area contributed by atoms with Gasteiger partial charge in [0.15, 0.2) is 0 Å². The Morgan fingerprint density at radius 3 is 2.50 bits per heavy atom. The number of carbonyl (C=O) groups excluding carboxylic acids is 1. The lowest BCUT2D eigenvalue weighted by atomic mass is 9.94. The van der Waals surface area contributed by atoms with Crippen LogP contribution in [0.15, 0.2) is 18.5 Å². The van der Waals surface area contributed by atoms with Crippen LogP contribution in [0.25, 0.3) is 0 Å². The molecule has 1 amide bonds. The number of rotatable bonds is 3. The molecule has 0 N–H and O–H groups in total. The largest absolute Gasteiger partial charge is 0.341 e. The lowest BCUT2D eigenvalue weighted by Crippen LogP contribution is -2.48. The first-order chi connectivity index (χ1) is 12.8. The van der Waals surface area contributed by atoms with Crippen molar-refractivity contribution in [1.29, 1.82) is 0 Å². The molecule has 2 saturated heterocycles. The monoisotopic (exact) mass is 357 g/mol. The van der Waals surface area contributed by atoms with E-state index in [1.165, 1.54) is 38.6 Å². The van der Waals surface area contributed by atoms with Crippen LogP contribution in [0.4, 0.5) is 5.95 Å². The Hall–Kier alpha value is -1.69. The summed E-state index contributed by atoms with van der Waals surface area (Å²) in [7, 11) is 0. The Morgan fingerprint density at radius 2 is 1.69 bits per heavy atom. The smallest absolute Gasteiger partial charge is 0.227 e. The summed E-state index contributed by atoms with van der Waals surface area (Å²) >= 11 is 0. The number of nitrogens with zero attached hydrogens (tertiary/aromatic N) is 5. The van der Waals surface area contributed by atoms with Gasteiger partial charge in [0.2, 0.25) is 11.9 Å². The van der Waals surface area contributed by atoms with Crippen LogP contribution in [0, 0.1) is 5.92 Å². The summed E-state index contributed by atoms with van der Waals surface area (Å²) < 4.78 is 0. The molecule has 3 fully saturated rings. The second kappa shape index (κ2) is 8.33. The fraction of sp³-hybridized carbons (Fsp3) is 0.750. The first-order valence-corrected chi connectivity index (χ1v) is 10.4. The highest BCUT2D eigenvalue weighted by atomic mass is 16.2. The summed E-state index contributed by atoms with van der Waals surface area (Å²) in [4.78, 5) is 28.8. The molecule has 0 aromatic carbocycles. The van der Waals surface area contributed by atoms with Crippen LogP contribution in [-0.4, -0.2) is 71.0 Å². The molecule has 1 saturated carbocycles. The van der Waals surface area contributed by atoms with Crippen molar-refractivity contribution in [3.63, 3.8) is 0 Å². The van der Waals surface area contributed by atoms with Gasteiger partial charge in [-0.1, -0.05) is 12.8 Å². The molecule has 0 unspecified atom stereocenters. The zero-order valence-electron chi connectivity index (χ0n) is 15.7. The molecular formula is C20H31N5O. The minimum Gasteiger partial charge on any atom is -0.341 e. The van der Waals surface area contributed by atoms with Crippen molar-refractivity contribution in [2.45, 2.75) is 51.0 Å². The molecule has 1 aliphatic carbocycles. The summed E-state index contributed by atoms with van der Waals surface area (Å²) in [5, 5.41) is 0. The van der Waals surface area contributed by atoms with Crippen molar-refractivity contribution in [2.24, 2.45) is 5.92 Å². The molecule has 1 atom stereocenters. The van der Waals surface area contributed by atoms with Crippen LogP contribution in [0.1, 0.15) is 44.9 Å². The van der Waals surface area contributed by atoms with E-state index in [0.29, 0.717) is 5.91 Å². The van der Waals surface area contributed by atoms with Crippen molar-refractivity contribution in [1.82, 2.24) is 19.8 Å². The fourth-order valence-electron chi connectivity index (χ4n) is 4.86. The SMILES string of the molecule is O=C([C@H]1CCCN(C2CCCC2)C1)N1CCCN(c2ncccn2)CC1. The number of carbonyl (C=O) groups is 1. The van der Waals surface area contributed by atoms with Gasteiger partial charge in [0, 0.05) is 51.2 Å². The Bertz CT molecular complexity index is 589. The van der Waals surface area contributed by atoms with E-state index in [2.05, 4.69) is 24.7 Å². The minimum atomic E-state index is 0.198. The van der Waals surface area contributed by atoms with Gasteiger partial charge in [0.05, 0.1) is 5.92 Å². The molecule has 26 heavy (non-hydrogen) atoms. The zero-order chi connectivity index (χ0) is 17.8. The Balaban J connectivity index is 1.34. The normalized spacial score (nSPS) is 26.1. The number of likely N-dealkylation sites (tertiary alicyclic amines) is 1. The average Bonchev–Trinajstić information content (AvgIpc) is 3.13. The number of hydrogen-bond acceptors (Lipinski definition) is 5. The lowest BCUT2D eigenvalue weighted by Gasteiger charge is -2.38.